The number of carbonyl (C=O) groups is 1. The van der Waals surface area contributed by atoms with Gasteiger partial charge in [0.25, 0.3) is 0 Å². The third-order valence-electron chi connectivity index (χ3n) is 3.98. The quantitative estimate of drug-likeness (QED) is 0.746. The zero-order valence-electron chi connectivity index (χ0n) is 13.6. The molecule has 0 spiro atoms. The Morgan fingerprint density at radius 1 is 1.17 bits per heavy atom. The third-order valence-corrected chi connectivity index (χ3v) is 4.86. The van der Waals surface area contributed by atoms with E-state index in [1.54, 1.807) is 23.0 Å². The molecule has 3 rings (SSSR count). The summed E-state index contributed by atoms with van der Waals surface area (Å²) in [6, 6.07) is 7.52. The van der Waals surface area contributed by atoms with Gasteiger partial charge in [-0.2, -0.15) is 0 Å². The lowest BCUT2D eigenvalue weighted by molar-refractivity contribution is -0.115. The zero-order chi connectivity index (χ0) is 16.6. The lowest BCUT2D eigenvalue weighted by atomic mass is 9.97. The molecule has 6 heteroatoms. The second kappa shape index (κ2) is 8.59. The highest BCUT2D eigenvalue weighted by Gasteiger charge is 2.07. The number of nitrogens with zero attached hydrogens (tertiary/aromatic N) is 2. The summed E-state index contributed by atoms with van der Waals surface area (Å²) in [5.41, 5.74) is 1.54. The minimum absolute atomic E-state index is 0.0725. The van der Waals surface area contributed by atoms with Crippen LogP contribution in [0.1, 0.15) is 37.0 Å². The highest BCUT2D eigenvalue weighted by molar-refractivity contribution is 7.10. The van der Waals surface area contributed by atoms with Crippen LogP contribution in [0.25, 0.3) is 0 Å². The van der Waals surface area contributed by atoms with Gasteiger partial charge in [-0.3, -0.25) is 4.79 Å². The summed E-state index contributed by atoms with van der Waals surface area (Å²) in [5, 5.41) is 16.2. The lowest BCUT2D eigenvalue weighted by Crippen LogP contribution is -2.15. The van der Waals surface area contributed by atoms with Gasteiger partial charge in [0.05, 0.1) is 6.42 Å². The van der Waals surface area contributed by atoms with Gasteiger partial charge in [-0.05, 0) is 55.7 Å². The van der Waals surface area contributed by atoms with Crippen molar-refractivity contribution in [3.63, 3.8) is 0 Å². The van der Waals surface area contributed by atoms with Crippen LogP contribution >= 0.6 is 11.3 Å². The van der Waals surface area contributed by atoms with Crippen molar-refractivity contribution < 1.29 is 4.79 Å². The molecule has 126 valence electrons. The number of rotatable bonds is 7. The average molecular weight is 342 g/mol. The molecule has 0 aliphatic heterocycles. The Kier molecular flexibility index (Phi) is 5.96. The molecular formula is C18H22N4OS. The summed E-state index contributed by atoms with van der Waals surface area (Å²) in [5.74, 6) is 1.15. The fourth-order valence-electron chi connectivity index (χ4n) is 2.73. The number of hydrogen-bond donors (Lipinski definition) is 2. The number of anilines is 2. The van der Waals surface area contributed by atoms with Crippen molar-refractivity contribution in [2.75, 3.05) is 17.2 Å². The fourth-order valence-corrected chi connectivity index (χ4v) is 3.44. The molecule has 0 atom stereocenters. The van der Waals surface area contributed by atoms with E-state index in [1.807, 2.05) is 23.6 Å². The van der Waals surface area contributed by atoms with Gasteiger partial charge < -0.3 is 10.6 Å². The maximum Gasteiger partial charge on any atom is 0.230 e. The molecule has 5 nitrogen and oxygen atoms in total. The van der Waals surface area contributed by atoms with Crippen molar-refractivity contribution in [3.8, 4) is 0 Å². The Balaban J connectivity index is 1.43. The zero-order valence-corrected chi connectivity index (χ0v) is 14.4. The van der Waals surface area contributed by atoms with Crippen LogP contribution in [-0.4, -0.2) is 22.6 Å². The molecule has 0 fully saturated rings. The number of nitrogens with one attached hydrogen (secondary N) is 2. The maximum atomic E-state index is 11.9. The fraction of sp³-hybridized carbons (Fsp3) is 0.389. The number of allylic oxidation sites excluding steroid dienone is 1. The Bertz CT molecular complexity index is 680. The first-order valence-corrected chi connectivity index (χ1v) is 9.25. The molecule has 0 radical (unpaired) electrons. The van der Waals surface area contributed by atoms with Crippen LogP contribution in [0.4, 0.5) is 11.6 Å². The smallest absolute Gasteiger partial charge is 0.230 e. The highest BCUT2D eigenvalue weighted by Crippen LogP contribution is 2.20. The van der Waals surface area contributed by atoms with Crippen molar-refractivity contribution in [1.82, 2.24) is 10.2 Å². The Morgan fingerprint density at radius 2 is 2.04 bits per heavy atom. The van der Waals surface area contributed by atoms with E-state index >= 15 is 0 Å². The largest absolute Gasteiger partial charge is 0.368 e. The van der Waals surface area contributed by atoms with E-state index in [1.165, 1.54) is 25.7 Å². The average Bonchev–Trinajstić information content (AvgIpc) is 3.10. The molecule has 0 unspecified atom stereocenters. The second-order valence-corrected chi connectivity index (χ2v) is 6.93. The van der Waals surface area contributed by atoms with Crippen molar-refractivity contribution in [2.24, 2.45) is 0 Å². The van der Waals surface area contributed by atoms with Crippen molar-refractivity contribution >= 4 is 28.9 Å². The molecule has 2 heterocycles. The monoisotopic (exact) mass is 342 g/mol. The molecule has 0 bridgehead atoms. The highest BCUT2D eigenvalue weighted by atomic mass is 32.1. The van der Waals surface area contributed by atoms with Gasteiger partial charge in [0.2, 0.25) is 5.91 Å². The van der Waals surface area contributed by atoms with E-state index in [0.29, 0.717) is 12.2 Å². The minimum Gasteiger partial charge on any atom is -0.368 e. The summed E-state index contributed by atoms with van der Waals surface area (Å²) >= 11 is 1.57. The summed E-state index contributed by atoms with van der Waals surface area (Å²) < 4.78 is 0. The van der Waals surface area contributed by atoms with E-state index in [2.05, 4.69) is 26.9 Å². The normalized spacial score (nSPS) is 14.1. The van der Waals surface area contributed by atoms with Crippen LogP contribution in [0.2, 0.25) is 0 Å². The van der Waals surface area contributed by atoms with Crippen molar-refractivity contribution in [1.29, 1.82) is 0 Å². The first-order chi connectivity index (χ1) is 11.8. The van der Waals surface area contributed by atoms with Gasteiger partial charge in [-0.1, -0.05) is 17.7 Å². The van der Waals surface area contributed by atoms with Crippen LogP contribution in [0.5, 0.6) is 0 Å². The van der Waals surface area contributed by atoms with Gasteiger partial charge >= 0.3 is 0 Å². The Morgan fingerprint density at radius 3 is 2.75 bits per heavy atom. The Labute approximate surface area is 146 Å². The van der Waals surface area contributed by atoms with E-state index in [9.17, 15) is 4.79 Å². The van der Waals surface area contributed by atoms with Crippen LogP contribution in [-0.2, 0) is 11.2 Å². The Hall–Kier alpha value is -2.21. The molecular weight excluding hydrogens is 320 g/mol. The van der Waals surface area contributed by atoms with E-state index < -0.39 is 0 Å². The third kappa shape index (κ3) is 5.16. The lowest BCUT2D eigenvalue weighted by Gasteiger charge is -2.13. The molecule has 1 aliphatic rings. The number of hydrogen-bond acceptors (Lipinski definition) is 5. The van der Waals surface area contributed by atoms with Gasteiger partial charge in [0.15, 0.2) is 5.82 Å². The molecule has 2 N–H and O–H groups in total. The van der Waals surface area contributed by atoms with Gasteiger partial charge in [0, 0.05) is 11.4 Å². The molecule has 0 aromatic carbocycles. The predicted molar refractivity (Wildman–Crippen MR) is 98.3 cm³/mol. The van der Waals surface area contributed by atoms with Crippen molar-refractivity contribution in [2.45, 2.75) is 38.5 Å². The minimum atomic E-state index is -0.0725. The first-order valence-electron chi connectivity index (χ1n) is 8.37. The maximum absolute atomic E-state index is 11.9. The summed E-state index contributed by atoms with van der Waals surface area (Å²) in [6.07, 6.45) is 8.86. The van der Waals surface area contributed by atoms with E-state index in [0.717, 1.165) is 23.7 Å². The molecule has 0 saturated carbocycles. The van der Waals surface area contributed by atoms with Gasteiger partial charge in [0.1, 0.15) is 5.82 Å². The topological polar surface area (TPSA) is 66.9 Å². The summed E-state index contributed by atoms with van der Waals surface area (Å²) in [6.45, 7) is 0.866. The number of aromatic nitrogens is 2. The van der Waals surface area contributed by atoms with Gasteiger partial charge in [-0.25, -0.2) is 0 Å². The van der Waals surface area contributed by atoms with Crippen LogP contribution < -0.4 is 10.6 Å². The molecule has 2 aromatic rings. The molecule has 1 aliphatic carbocycles. The summed E-state index contributed by atoms with van der Waals surface area (Å²) in [7, 11) is 0. The molecule has 0 saturated heterocycles. The predicted octanol–water partition coefficient (Wildman–Crippen LogP) is 4.02. The number of amides is 1. The standard InChI is InChI=1S/C18H22N4OS/c23-18(13-15-7-4-12-24-15)20-17-9-8-16(21-22-17)19-11-10-14-5-2-1-3-6-14/h4-5,7-9,12H,1-3,6,10-11,13H2,(H,19,21)(H,20,22,23). The summed E-state index contributed by atoms with van der Waals surface area (Å²) in [4.78, 5) is 13.0. The molecule has 24 heavy (non-hydrogen) atoms. The first kappa shape index (κ1) is 16.6. The number of carbonyl (C=O) groups excluding carboxylic acids is 1. The SMILES string of the molecule is O=C(Cc1cccs1)Nc1ccc(NCCC2=CCCCC2)nn1. The van der Waals surface area contributed by atoms with Gasteiger partial charge in [-0.15, -0.1) is 21.5 Å². The second-order valence-electron chi connectivity index (χ2n) is 5.89. The molecule has 2 aromatic heterocycles. The van der Waals surface area contributed by atoms with Crippen molar-refractivity contribution in [3.05, 3.63) is 46.2 Å². The van der Waals surface area contributed by atoms with Crippen LogP contribution in [0, 0.1) is 0 Å². The van der Waals surface area contributed by atoms with Crippen LogP contribution in [0.15, 0.2) is 41.3 Å². The van der Waals surface area contributed by atoms with E-state index in [4.69, 9.17) is 0 Å². The van der Waals surface area contributed by atoms with E-state index in [-0.39, 0.29) is 5.91 Å². The van der Waals surface area contributed by atoms with Crippen LogP contribution in [0.3, 0.4) is 0 Å². The number of thiophene rings is 1. The molecule has 1 amide bonds.